The first-order chi connectivity index (χ1) is 21.3. The first-order valence-electron chi connectivity index (χ1n) is 13.2. The van der Waals surface area contributed by atoms with Crippen LogP contribution in [0.1, 0.15) is 18.7 Å². The summed E-state index contributed by atoms with van der Waals surface area (Å²) in [5.74, 6) is -1.37. The fourth-order valence-electron chi connectivity index (χ4n) is 5.77. The Labute approximate surface area is 248 Å². The normalized spacial score (nSPS) is 37.7. The average Bonchev–Trinajstić information content (AvgIpc) is 3.72. The second-order valence-corrected chi connectivity index (χ2v) is 13.4. The number of anilines is 2. The number of nitrogens with zero attached hydrogens (tertiary/aromatic N) is 7. The smallest absolute Gasteiger partial charge is 0.382 e. The number of rotatable bonds is 2. The number of hydrogen-bond donors (Lipinski definition) is 5. The number of aromatic amines is 1. The molecule has 20 nitrogen and oxygen atoms in total. The van der Waals surface area contributed by atoms with E-state index in [1.54, 1.807) is 0 Å². The van der Waals surface area contributed by atoms with E-state index in [0.29, 0.717) is 0 Å². The summed E-state index contributed by atoms with van der Waals surface area (Å²) < 4.78 is 86.5. The van der Waals surface area contributed by atoms with Crippen LogP contribution >= 0.6 is 15.6 Å². The molecule has 24 heteroatoms. The molecule has 0 radical (unpaired) electrons. The van der Waals surface area contributed by atoms with Gasteiger partial charge in [-0.05, 0) is 6.42 Å². The zero-order chi connectivity index (χ0) is 31.8. The largest absolute Gasteiger partial charge is 0.472 e. The minimum atomic E-state index is -5.10. The zero-order valence-corrected chi connectivity index (χ0v) is 24.4. The first kappa shape index (κ1) is 30.2. The molecular weight excluding hydrogens is 652 g/mol. The van der Waals surface area contributed by atoms with Gasteiger partial charge in [0.05, 0.1) is 31.9 Å². The molecular formula is C21H24F2N10O10P2. The number of halogens is 2. The highest BCUT2D eigenvalue weighted by Crippen LogP contribution is 2.55. The van der Waals surface area contributed by atoms with Crippen LogP contribution in [0.4, 0.5) is 20.5 Å². The van der Waals surface area contributed by atoms with Crippen LogP contribution < -0.4 is 17.0 Å². The highest BCUT2D eigenvalue weighted by Gasteiger charge is 2.54. The monoisotopic (exact) mass is 676 g/mol. The summed E-state index contributed by atoms with van der Waals surface area (Å²) >= 11 is 0. The molecule has 4 aromatic heterocycles. The number of ether oxygens (including phenoxy) is 1. The summed E-state index contributed by atoms with van der Waals surface area (Å²) in [6.07, 6.45) is -7.85. The van der Waals surface area contributed by atoms with Gasteiger partial charge in [-0.1, -0.05) is 0 Å². The van der Waals surface area contributed by atoms with Crippen molar-refractivity contribution in [3.05, 3.63) is 29.3 Å². The number of fused-ring (bicyclic) bond motifs is 4. The first-order valence-corrected chi connectivity index (χ1v) is 16.2. The van der Waals surface area contributed by atoms with E-state index in [0.717, 1.165) is 17.2 Å². The third kappa shape index (κ3) is 5.30. The van der Waals surface area contributed by atoms with E-state index < -0.39 is 83.3 Å². The van der Waals surface area contributed by atoms with E-state index in [-0.39, 0.29) is 40.5 Å². The topological polar surface area (TPSA) is 280 Å². The van der Waals surface area contributed by atoms with E-state index in [1.807, 2.05) is 0 Å². The fourth-order valence-corrected chi connectivity index (χ4v) is 7.77. The Kier molecular flexibility index (Phi) is 7.26. The minimum absolute atomic E-state index is 0.0429. The van der Waals surface area contributed by atoms with Crippen LogP contribution in [0, 0.1) is 5.92 Å². The minimum Gasteiger partial charge on any atom is -0.382 e. The van der Waals surface area contributed by atoms with E-state index in [1.165, 1.54) is 10.9 Å². The molecule has 3 aliphatic rings. The lowest BCUT2D eigenvalue weighted by atomic mass is 10.1. The molecule has 1 saturated carbocycles. The number of alkyl halides is 2. The highest BCUT2D eigenvalue weighted by atomic mass is 31.2. The molecule has 6 heterocycles. The molecule has 45 heavy (non-hydrogen) atoms. The van der Waals surface area contributed by atoms with E-state index in [9.17, 15) is 23.7 Å². The SMILES string of the molecule is Nc1nc2c(ncn2[C@@H]2O[C@@H]3COP(=O)(O)OC4C(F)[C@H](n5cnc6c(N)ncnc65)C[C@@H]4COP(=O)(O)OC3C2F)c(=O)[nH]1. The van der Waals surface area contributed by atoms with Crippen molar-refractivity contribution in [1.82, 2.24) is 39.0 Å². The van der Waals surface area contributed by atoms with Crippen molar-refractivity contribution in [2.75, 3.05) is 24.7 Å². The number of aromatic nitrogens is 8. The average molecular weight is 676 g/mol. The molecule has 4 aromatic rings. The quantitative estimate of drug-likeness (QED) is 0.178. The second-order valence-electron chi connectivity index (χ2n) is 10.5. The molecule has 2 aliphatic heterocycles. The van der Waals surface area contributed by atoms with Gasteiger partial charge in [0.1, 0.15) is 36.3 Å². The predicted octanol–water partition coefficient (Wildman–Crippen LogP) is 0.276. The molecule has 0 amide bonds. The molecule has 3 fully saturated rings. The van der Waals surface area contributed by atoms with Crippen molar-refractivity contribution in [2.45, 2.75) is 49.3 Å². The van der Waals surface area contributed by atoms with Crippen molar-refractivity contribution >= 4 is 49.7 Å². The fraction of sp³-hybridized carbons (Fsp3) is 0.524. The Morgan fingerprint density at radius 3 is 2.38 bits per heavy atom. The van der Waals surface area contributed by atoms with Crippen molar-refractivity contribution < 1.29 is 50.5 Å². The lowest BCUT2D eigenvalue weighted by molar-refractivity contribution is -0.0551. The van der Waals surface area contributed by atoms with Gasteiger partial charge >= 0.3 is 15.6 Å². The van der Waals surface area contributed by atoms with Gasteiger partial charge in [0.2, 0.25) is 5.95 Å². The van der Waals surface area contributed by atoms with Crippen molar-refractivity contribution in [3.8, 4) is 0 Å². The number of phosphoric ester groups is 2. The van der Waals surface area contributed by atoms with Gasteiger partial charge in [0, 0.05) is 5.92 Å². The van der Waals surface area contributed by atoms with Crippen LogP contribution in [0.3, 0.4) is 0 Å². The summed E-state index contributed by atoms with van der Waals surface area (Å²) in [7, 11) is -10.2. The van der Waals surface area contributed by atoms with E-state index in [4.69, 9.17) is 34.3 Å². The molecule has 2 saturated heterocycles. The van der Waals surface area contributed by atoms with Crippen LogP contribution in [-0.4, -0.2) is 92.7 Å². The Bertz CT molecular complexity index is 1940. The van der Waals surface area contributed by atoms with Crippen LogP contribution in [0.2, 0.25) is 0 Å². The lowest BCUT2D eigenvalue weighted by Crippen LogP contribution is -2.35. The van der Waals surface area contributed by atoms with Gasteiger partial charge in [-0.15, -0.1) is 0 Å². The number of nitrogens with one attached hydrogen (secondary N) is 1. The van der Waals surface area contributed by atoms with Gasteiger partial charge in [0.25, 0.3) is 5.56 Å². The second kappa shape index (κ2) is 10.8. The molecule has 1 aliphatic carbocycles. The highest BCUT2D eigenvalue weighted by molar-refractivity contribution is 7.47. The Morgan fingerprint density at radius 2 is 1.60 bits per heavy atom. The Morgan fingerprint density at radius 1 is 0.911 bits per heavy atom. The maximum atomic E-state index is 16.0. The summed E-state index contributed by atoms with van der Waals surface area (Å²) in [4.78, 5) is 55.4. The lowest BCUT2D eigenvalue weighted by Gasteiger charge is -2.28. The number of H-pyrrole nitrogens is 1. The van der Waals surface area contributed by atoms with E-state index in [2.05, 4.69) is 29.9 Å². The van der Waals surface area contributed by atoms with Crippen LogP contribution in [0.25, 0.3) is 22.3 Å². The van der Waals surface area contributed by atoms with Crippen LogP contribution in [0.5, 0.6) is 0 Å². The summed E-state index contributed by atoms with van der Waals surface area (Å²) in [5.41, 5.74) is 10.7. The van der Waals surface area contributed by atoms with E-state index >= 15 is 8.78 Å². The molecule has 10 atom stereocenters. The van der Waals surface area contributed by atoms with Crippen molar-refractivity contribution in [3.63, 3.8) is 0 Å². The third-order valence-corrected chi connectivity index (χ3v) is 9.76. The maximum Gasteiger partial charge on any atom is 0.472 e. The molecule has 7 N–H and O–H groups in total. The number of hydrogen-bond acceptors (Lipinski definition) is 15. The van der Waals surface area contributed by atoms with Gasteiger partial charge in [-0.2, -0.15) is 4.98 Å². The van der Waals surface area contributed by atoms with Crippen molar-refractivity contribution in [1.29, 1.82) is 0 Å². The van der Waals surface area contributed by atoms with Crippen LogP contribution in [-0.2, 0) is 32.0 Å². The standard InChI is InChI=1S/C21H24F2N10O10P2/c22-10-8(32-5-28-12-16(24)26-4-27-17(12)32)1-7-2-39-44(35,36)43-15-9(3-40-45(37,38)42-14(7)10)41-20(11(15)23)33-6-29-13-18(33)30-21(25)31-19(13)34/h4-11,14-15,20H,1-3H2,(H,35,36)(H,37,38)(H2,24,26,27)(H3,25,30,31,34)/t7-,8-,9-,10?,11?,14?,15?,20-/m1/s1. The van der Waals surface area contributed by atoms with Gasteiger partial charge in [0.15, 0.2) is 35.0 Å². The summed E-state index contributed by atoms with van der Waals surface area (Å²) in [6.45, 7) is -1.63. The molecule has 6 unspecified atom stereocenters. The van der Waals surface area contributed by atoms with Gasteiger partial charge in [-0.25, -0.2) is 37.8 Å². The molecule has 7 rings (SSSR count). The number of nitrogens with two attached hydrogens (primary N) is 2. The maximum absolute atomic E-state index is 16.0. The Hall–Kier alpha value is -3.46. The summed E-state index contributed by atoms with van der Waals surface area (Å²) in [5, 5.41) is 0. The number of nitrogen functional groups attached to an aromatic ring is 2. The number of phosphoric acid groups is 2. The molecule has 0 spiro atoms. The number of imidazole rings is 2. The van der Waals surface area contributed by atoms with Gasteiger partial charge < -0.3 is 30.6 Å². The molecule has 0 bridgehead atoms. The molecule has 0 aromatic carbocycles. The van der Waals surface area contributed by atoms with Crippen molar-refractivity contribution in [2.24, 2.45) is 5.92 Å². The zero-order valence-electron chi connectivity index (χ0n) is 22.6. The third-order valence-electron chi connectivity index (χ3n) is 7.79. The Balaban J connectivity index is 1.17. The van der Waals surface area contributed by atoms with Gasteiger partial charge in [-0.3, -0.25) is 32.4 Å². The molecule has 242 valence electrons. The summed E-state index contributed by atoms with van der Waals surface area (Å²) in [6, 6.07) is -1.09. The predicted molar refractivity (Wildman–Crippen MR) is 144 cm³/mol. The van der Waals surface area contributed by atoms with Crippen LogP contribution in [0.15, 0.2) is 23.8 Å².